The number of ether oxygens (including phenoxy) is 3. The molecule has 0 aliphatic rings. The van der Waals surface area contributed by atoms with Crippen molar-refractivity contribution in [3.8, 4) is 0 Å². The number of nitrogens with zero attached hydrogens (tertiary/aromatic N) is 2. The fourth-order valence-corrected chi connectivity index (χ4v) is 3.15. The van der Waals surface area contributed by atoms with Crippen molar-refractivity contribution >= 4 is 39.7 Å². The van der Waals surface area contributed by atoms with Crippen LogP contribution in [0.4, 0.5) is 0 Å². The fourth-order valence-electron chi connectivity index (χ4n) is 3.15. The lowest BCUT2D eigenvalue weighted by Crippen LogP contribution is -2.19. The molecular weight excluding hydrogens is 352 g/mol. The summed E-state index contributed by atoms with van der Waals surface area (Å²) in [6, 6.07) is 7.28. The quantitative estimate of drug-likeness (QED) is 0.514. The number of fused-ring (bicyclic) bond motifs is 3. The Bertz CT molecular complexity index is 1080. The van der Waals surface area contributed by atoms with Gasteiger partial charge in [0.25, 0.3) is 0 Å². The van der Waals surface area contributed by atoms with E-state index in [0.29, 0.717) is 16.3 Å². The smallest absolute Gasteiger partial charge is 0.357 e. The van der Waals surface area contributed by atoms with Crippen LogP contribution in [0.2, 0.25) is 0 Å². The van der Waals surface area contributed by atoms with Crippen LogP contribution in [-0.4, -0.2) is 48.3 Å². The van der Waals surface area contributed by atoms with Gasteiger partial charge in [0.2, 0.25) is 0 Å². The molecule has 8 heteroatoms. The molecule has 8 nitrogen and oxygen atoms in total. The lowest BCUT2D eigenvalue weighted by Gasteiger charge is -2.12. The first-order valence-corrected chi connectivity index (χ1v) is 8.21. The Hall–Kier alpha value is -3.42. The van der Waals surface area contributed by atoms with Gasteiger partial charge in [-0.3, -0.25) is 0 Å². The van der Waals surface area contributed by atoms with E-state index >= 15 is 0 Å². The topological polar surface area (TPSA) is 96.7 Å². The van der Waals surface area contributed by atoms with E-state index < -0.39 is 17.9 Å². The summed E-state index contributed by atoms with van der Waals surface area (Å²) in [5, 5.41) is 1.12. The molecule has 0 saturated heterocycles. The number of methoxy groups -OCH3 is 2. The van der Waals surface area contributed by atoms with Gasteiger partial charge < -0.3 is 18.8 Å². The second-order valence-corrected chi connectivity index (χ2v) is 5.69. The van der Waals surface area contributed by atoms with Gasteiger partial charge >= 0.3 is 17.9 Å². The van der Waals surface area contributed by atoms with Gasteiger partial charge in [0.15, 0.2) is 11.4 Å². The van der Waals surface area contributed by atoms with Crippen molar-refractivity contribution in [3.05, 3.63) is 41.2 Å². The standard InChI is InChI=1S/C19H18N2O6/c1-5-27-19(24)14-12-10-8-6-7-9-11(10)21(2)16(12)13(17(22)25-3)15(20-14)18(23)26-4/h6-9H,5H2,1-4H3. The minimum atomic E-state index is -0.854. The molecule has 3 aromatic rings. The SMILES string of the molecule is CCOC(=O)c1nc(C(=O)OC)c(C(=O)OC)c2c1c1ccccc1n2C. The summed E-state index contributed by atoms with van der Waals surface area (Å²) in [6.07, 6.45) is 0. The van der Waals surface area contributed by atoms with E-state index in [2.05, 4.69) is 4.98 Å². The molecule has 3 rings (SSSR count). The maximum atomic E-state index is 12.6. The molecule has 0 saturated carbocycles. The molecule has 27 heavy (non-hydrogen) atoms. The summed E-state index contributed by atoms with van der Waals surface area (Å²) in [5.41, 5.74) is 0.683. The van der Waals surface area contributed by atoms with E-state index in [9.17, 15) is 14.4 Å². The Kier molecular flexibility index (Phi) is 4.81. The zero-order chi connectivity index (χ0) is 19.7. The number of carbonyl (C=O) groups excluding carboxylic acids is 3. The molecule has 2 heterocycles. The third-order valence-electron chi connectivity index (χ3n) is 4.28. The Morgan fingerprint density at radius 2 is 1.67 bits per heavy atom. The molecule has 0 bridgehead atoms. The third kappa shape index (κ3) is 2.79. The lowest BCUT2D eigenvalue weighted by atomic mass is 10.1. The van der Waals surface area contributed by atoms with Crippen molar-refractivity contribution in [3.63, 3.8) is 0 Å². The van der Waals surface area contributed by atoms with Crippen molar-refractivity contribution in [1.29, 1.82) is 0 Å². The first kappa shape index (κ1) is 18.4. The van der Waals surface area contributed by atoms with Crippen molar-refractivity contribution in [1.82, 2.24) is 9.55 Å². The van der Waals surface area contributed by atoms with E-state index in [4.69, 9.17) is 14.2 Å². The molecule has 0 aliphatic heterocycles. The highest BCUT2D eigenvalue weighted by atomic mass is 16.5. The van der Waals surface area contributed by atoms with Gasteiger partial charge in [-0.05, 0) is 13.0 Å². The van der Waals surface area contributed by atoms with Crippen LogP contribution in [0.3, 0.4) is 0 Å². The number of hydrogen-bond acceptors (Lipinski definition) is 7. The number of rotatable bonds is 4. The second-order valence-electron chi connectivity index (χ2n) is 5.69. The summed E-state index contributed by atoms with van der Waals surface area (Å²) in [6.45, 7) is 1.81. The van der Waals surface area contributed by atoms with Gasteiger partial charge in [0.1, 0.15) is 5.56 Å². The van der Waals surface area contributed by atoms with Crippen LogP contribution in [0, 0.1) is 0 Å². The number of aryl methyl sites for hydroxylation is 1. The minimum absolute atomic E-state index is 0.0586. The number of hydrogen-bond donors (Lipinski definition) is 0. The van der Waals surface area contributed by atoms with Crippen LogP contribution < -0.4 is 0 Å². The van der Waals surface area contributed by atoms with Gasteiger partial charge in [-0.25, -0.2) is 19.4 Å². The fraction of sp³-hybridized carbons (Fsp3) is 0.263. The van der Waals surface area contributed by atoms with Gasteiger partial charge in [-0.1, -0.05) is 18.2 Å². The maximum Gasteiger partial charge on any atom is 0.357 e. The van der Waals surface area contributed by atoms with Crippen molar-refractivity contribution in [2.24, 2.45) is 7.05 Å². The number of benzene rings is 1. The second kappa shape index (κ2) is 7.06. The Balaban J connectivity index is 2.59. The Morgan fingerprint density at radius 1 is 1.00 bits per heavy atom. The summed E-state index contributed by atoms with van der Waals surface area (Å²) >= 11 is 0. The Labute approximate surface area is 154 Å². The van der Waals surface area contributed by atoms with Crippen LogP contribution in [0.5, 0.6) is 0 Å². The van der Waals surface area contributed by atoms with Crippen LogP contribution in [0.25, 0.3) is 21.8 Å². The van der Waals surface area contributed by atoms with Gasteiger partial charge in [0.05, 0.1) is 26.3 Å². The van der Waals surface area contributed by atoms with Gasteiger partial charge in [-0.2, -0.15) is 0 Å². The minimum Gasteiger partial charge on any atom is -0.465 e. The zero-order valence-corrected chi connectivity index (χ0v) is 15.4. The normalized spacial score (nSPS) is 10.8. The molecule has 0 amide bonds. The van der Waals surface area contributed by atoms with E-state index in [1.807, 2.05) is 18.2 Å². The first-order chi connectivity index (χ1) is 13.0. The highest BCUT2D eigenvalue weighted by Gasteiger charge is 2.31. The maximum absolute atomic E-state index is 12.6. The van der Waals surface area contributed by atoms with E-state index in [-0.39, 0.29) is 23.6 Å². The van der Waals surface area contributed by atoms with E-state index in [1.165, 1.54) is 14.2 Å². The highest BCUT2D eigenvalue weighted by molar-refractivity contribution is 6.22. The number of carbonyl (C=O) groups is 3. The molecule has 0 radical (unpaired) electrons. The van der Waals surface area contributed by atoms with E-state index in [0.717, 1.165) is 5.52 Å². The summed E-state index contributed by atoms with van der Waals surface area (Å²) < 4.78 is 16.4. The lowest BCUT2D eigenvalue weighted by molar-refractivity contribution is 0.0515. The molecule has 0 aliphatic carbocycles. The summed E-state index contributed by atoms with van der Waals surface area (Å²) in [5.74, 6) is -2.30. The monoisotopic (exact) mass is 370 g/mol. The van der Waals surface area contributed by atoms with E-state index in [1.54, 1.807) is 24.6 Å². The van der Waals surface area contributed by atoms with Crippen molar-refractivity contribution in [2.75, 3.05) is 20.8 Å². The molecule has 0 fully saturated rings. The highest BCUT2D eigenvalue weighted by Crippen LogP contribution is 2.34. The van der Waals surface area contributed by atoms with Gasteiger partial charge in [-0.15, -0.1) is 0 Å². The van der Waals surface area contributed by atoms with Crippen LogP contribution >= 0.6 is 0 Å². The molecule has 0 atom stereocenters. The largest absolute Gasteiger partial charge is 0.465 e. The number of aromatic nitrogens is 2. The molecule has 2 aromatic heterocycles. The zero-order valence-electron chi connectivity index (χ0n) is 15.4. The van der Waals surface area contributed by atoms with Crippen molar-refractivity contribution < 1.29 is 28.6 Å². The predicted molar refractivity (Wildman–Crippen MR) is 96.9 cm³/mol. The number of pyridine rings is 1. The average Bonchev–Trinajstić information content (AvgIpc) is 2.99. The summed E-state index contributed by atoms with van der Waals surface area (Å²) in [4.78, 5) is 41.5. The third-order valence-corrected chi connectivity index (χ3v) is 4.28. The molecule has 0 unspecified atom stereocenters. The first-order valence-electron chi connectivity index (χ1n) is 8.21. The number of esters is 3. The molecule has 1 aromatic carbocycles. The average molecular weight is 370 g/mol. The molecule has 0 N–H and O–H groups in total. The summed E-state index contributed by atoms with van der Waals surface area (Å²) in [7, 11) is 4.10. The van der Waals surface area contributed by atoms with Crippen LogP contribution in [0.1, 0.15) is 38.3 Å². The number of para-hydroxylation sites is 1. The Morgan fingerprint density at radius 3 is 2.30 bits per heavy atom. The molecular formula is C19H18N2O6. The van der Waals surface area contributed by atoms with Crippen LogP contribution in [-0.2, 0) is 21.3 Å². The van der Waals surface area contributed by atoms with Crippen LogP contribution in [0.15, 0.2) is 24.3 Å². The molecule has 0 spiro atoms. The molecule has 140 valence electrons. The van der Waals surface area contributed by atoms with Gasteiger partial charge in [0, 0.05) is 23.3 Å². The predicted octanol–water partition coefficient (Wildman–Crippen LogP) is 2.48. The van der Waals surface area contributed by atoms with Crippen molar-refractivity contribution in [2.45, 2.75) is 6.92 Å².